The van der Waals surface area contributed by atoms with Crippen LogP contribution in [0.3, 0.4) is 0 Å². The Balaban J connectivity index is 0.000000248. The van der Waals surface area contributed by atoms with Gasteiger partial charge in [-0.25, -0.2) is 17.6 Å². The predicted octanol–water partition coefficient (Wildman–Crippen LogP) is 7.33. The number of halogens is 4. The van der Waals surface area contributed by atoms with Crippen LogP contribution in [0.4, 0.5) is 17.6 Å². The van der Waals surface area contributed by atoms with Crippen LogP contribution in [0.5, 0.6) is 0 Å². The fraction of sp³-hybridized carbons (Fsp3) is 0.478. The third kappa shape index (κ3) is 12.2. The first-order valence-electron chi connectivity index (χ1n) is 20.2. The topological polar surface area (TPSA) is 119 Å². The summed E-state index contributed by atoms with van der Waals surface area (Å²) in [4.78, 5) is 4.78. The lowest BCUT2D eigenvalue weighted by molar-refractivity contribution is -0.0146. The Morgan fingerprint density at radius 1 is 0.421 bits per heavy atom. The zero-order chi connectivity index (χ0) is 40.0. The van der Waals surface area contributed by atoms with Crippen molar-refractivity contribution >= 4 is 0 Å². The van der Waals surface area contributed by atoms with Crippen LogP contribution >= 0.6 is 0 Å². The summed E-state index contributed by atoms with van der Waals surface area (Å²) < 4.78 is 53.8. The highest BCUT2D eigenvalue weighted by Gasteiger charge is 2.43. The molecule has 0 saturated carbocycles. The molecule has 2 saturated heterocycles. The van der Waals surface area contributed by atoms with Crippen molar-refractivity contribution in [3.05, 3.63) is 143 Å². The van der Waals surface area contributed by atoms with Gasteiger partial charge in [0.2, 0.25) is 0 Å². The molecule has 4 aromatic rings. The second-order valence-electron chi connectivity index (χ2n) is 15.4. The Kier molecular flexibility index (Phi) is 18.1. The van der Waals surface area contributed by atoms with Gasteiger partial charge in [0.25, 0.3) is 0 Å². The van der Waals surface area contributed by atoms with E-state index >= 15 is 0 Å². The second kappa shape index (κ2) is 22.5. The number of rotatable bonds is 16. The second-order valence-corrected chi connectivity index (χ2v) is 15.4. The van der Waals surface area contributed by atoms with Gasteiger partial charge in [0.05, 0.1) is 0 Å². The predicted molar refractivity (Wildman–Crippen MR) is 215 cm³/mol. The van der Waals surface area contributed by atoms with Crippen molar-refractivity contribution in [2.24, 2.45) is 11.8 Å². The van der Waals surface area contributed by atoms with Crippen LogP contribution in [0.25, 0.3) is 0 Å². The lowest BCUT2D eigenvalue weighted by atomic mass is 9.72. The number of benzene rings is 4. The zero-order valence-electron chi connectivity index (χ0n) is 32.8. The van der Waals surface area contributed by atoms with Crippen molar-refractivity contribution in [1.29, 1.82) is 0 Å². The van der Waals surface area contributed by atoms with Gasteiger partial charge >= 0.3 is 0 Å². The molecule has 2 fully saturated rings. The molecule has 0 amide bonds. The Bertz CT molecular complexity index is 1490. The molecule has 0 radical (unpaired) electrons. The van der Waals surface area contributed by atoms with Crippen molar-refractivity contribution in [2.75, 3.05) is 52.5 Å². The van der Waals surface area contributed by atoms with Crippen molar-refractivity contribution in [2.45, 2.75) is 75.4 Å². The van der Waals surface area contributed by atoms with E-state index in [9.17, 15) is 27.8 Å². The molecular weight excluding hydrogens is 737 g/mol. The number of aliphatic hydroxyl groups is 4. The van der Waals surface area contributed by atoms with Gasteiger partial charge in [-0.3, -0.25) is 0 Å². The molecule has 4 aromatic carbocycles. The minimum Gasteiger partial charge on any atom is -0.412 e. The lowest BCUT2D eigenvalue weighted by Crippen LogP contribution is -2.44. The SMILES string of the molecule is O.OCCCCCN1CCC(C(O)(c2ccc(F)cc2)c2ccc(F)cc2)CC1.OCCCCCN1CCC(C(O)(c2ccc(F)cc2)c2ccc(F)cc2)CC1. The summed E-state index contributed by atoms with van der Waals surface area (Å²) in [6, 6.07) is 23.9. The molecule has 7 nitrogen and oxygen atoms in total. The first-order valence-corrected chi connectivity index (χ1v) is 20.2. The molecule has 0 unspecified atom stereocenters. The number of hydrogen-bond donors (Lipinski definition) is 4. The van der Waals surface area contributed by atoms with Gasteiger partial charge in [0.1, 0.15) is 34.5 Å². The first kappa shape index (κ1) is 46.0. The van der Waals surface area contributed by atoms with E-state index in [0.29, 0.717) is 22.3 Å². The van der Waals surface area contributed by atoms with Gasteiger partial charge in [0.15, 0.2) is 0 Å². The van der Waals surface area contributed by atoms with Crippen LogP contribution in [0, 0.1) is 35.1 Å². The highest BCUT2D eigenvalue weighted by molar-refractivity contribution is 5.39. The summed E-state index contributed by atoms with van der Waals surface area (Å²) in [6.45, 7) is 6.01. The monoisotopic (exact) mass is 796 g/mol. The number of aliphatic hydroxyl groups excluding tert-OH is 2. The number of unbranched alkanes of at least 4 members (excludes halogenated alkanes) is 4. The Morgan fingerprint density at radius 2 is 0.667 bits per heavy atom. The average molecular weight is 797 g/mol. The molecule has 0 bridgehead atoms. The van der Waals surface area contributed by atoms with Gasteiger partial charge in [-0.2, -0.15) is 0 Å². The quantitative estimate of drug-likeness (QED) is 0.0698. The molecule has 2 aliphatic rings. The van der Waals surface area contributed by atoms with Crippen LogP contribution in [-0.2, 0) is 11.2 Å². The average Bonchev–Trinajstić information content (AvgIpc) is 3.22. The van der Waals surface area contributed by atoms with Crippen LogP contribution < -0.4 is 0 Å². The third-order valence-corrected chi connectivity index (χ3v) is 11.8. The van der Waals surface area contributed by atoms with E-state index in [1.165, 1.54) is 48.5 Å². The van der Waals surface area contributed by atoms with Crippen LogP contribution in [0.15, 0.2) is 97.1 Å². The van der Waals surface area contributed by atoms with E-state index in [2.05, 4.69) is 9.80 Å². The molecule has 2 heterocycles. The highest BCUT2D eigenvalue weighted by Crippen LogP contribution is 2.43. The van der Waals surface area contributed by atoms with E-state index in [0.717, 1.165) is 103 Å². The van der Waals surface area contributed by atoms with Gasteiger partial charge in [-0.05, 0) is 186 Å². The van der Waals surface area contributed by atoms with Crippen molar-refractivity contribution in [3.63, 3.8) is 0 Å². The molecule has 57 heavy (non-hydrogen) atoms. The molecule has 0 spiro atoms. The first-order chi connectivity index (χ1) is 27.1. The molecule has 0 aromatic heterocycles. The molecule has 0 aliphatic carbocycles. The summed E-state index contributed by atoms with van der Waals surface area (Å²) >= 11 is 0. The summed E-state index contributed by atoms with van der Waals surface area (Å²) in [5.74, 6) is -1.44. The maximum absolute atomic E-state index is 13.4. The normalized spacial score (nSPS) is 16.1. The van der Waals surface area contributed by atoms with Crippen LogP contribution in [0.1, 0.15) is 86.5 Å². The standard InChI is InChI=1S/2C23H29F2NO2.H2O/c2*24-21-8-4-18(5-9-21)23(28,19-6-10-22(25)11-7-19)20-12-15-26(16-13-20)14-2-1-3-17-27;/h2*4-11,20,27-28H,1-3,12-17H2;1H2. The minimum atomic E-state index is -1.27. The highest BCUT2D eigenvalue weighted by atomic mass is 19.1. The molecule has 312 valence electrons. The van der Waals surface area contributed by atoms with E-state index in [1.807, 2.05) is 0 Å². The van der Waals surface area contributed by atoms with Crippen LogP contribution in [-0.4, -0.2) is 88.2 Å². The van der Waals surface area contributed by atoms with Gasteiger partial charge in [0, 0.05) is 13.2 Å². The van der Waals surface area contributed by atoms with Crippen molar-refractivity contribution in [1.82, 2.24) is 9.80 Å². The molecule has 11 heteroatoms. The van der Waals surface area contributed by atoms with Gasteiger partial charge in [-0.1, -0.05) is 48.5 Å². The Labute approximate surface area is 334 Å². The maximum Gasteiger partial charge on any atom is 0.123 e. The van der Waals surface area contributed by atoms with E-state index < -0.39 is 11.2 Å². The number of piperidine rings is 2. The molecule has 2 aliphatic heterocycles. The van der Waals surface area contributed by atoms with Gasteiger partial charge in [-0.15, -0.1) is 0 Å². The Morgan fingerprint density at radius 3 is 0.895 bits per heavy atom. The van der Waals surface area contributed by atoms with Crippen molar-refractivity contribution < 1.29 is 43.5 Å². The van der Waals surface area contributed by atoms with Crippen molar-refractivity contribution in [3.8, 4) is 0 Å². The maximum atomic E-state index is 13.4. The Hall–Kier alpha value is -3.68. The smallest absolute Gasteiger partial charge is 0.123 e. The molecule has 0 atom stereocenters. The van der Waals surface area contributed by atoms with Crippen LogP contribution in [0.2, 0.25) is 0 Å². The summed E-state index contributed by atoms with van der Waals surface area (Å²) in [6.07, 6.45) is 9.08. The fourth-order valence-corrected chi connectivity index (χ4v) is 8.49. The number of nitrogens with zero attached hydrogens (tertiary/aromatic N) is 2. The fourth-order valence-electron chi connectivity index (χ4n) is 8.49. The van der Waals surface area contributed by atoms with E-state index in [1.54, 1.807) is 48.5 Å². The molecule has 6 N–H and O–H groups in total. The van der Waals surface area contributed by atoms with Gasteiger partial charge < -0.3 is 35.7 Å². The minimum absolute atomic E-state index is 0. The largest absolute Gasteiger partial charge is 0.412 e. The molecule has 6 rings (SSSR count). The van der Waals surface area contributed by atoms with E-state index in [4.69, 9.17) is 10.2 Å². The zero-order valence-corrected chi connectivity index (χ0v) is 32.8. The number of likely N-dealkylation sites (tertiary alicyclic amines) is 2. The molecular formula is C46H60F4N2O5. The van der Waals surface area contributed by atoms with E-state index in [-0.39, 0.29) is 53.8 Å². The summed E-state index contributed by atoms with van der Waals surface area (Å²) in [5, 5.41) is 41.4. The lowest BCUT2D eigenvalue weighted by Gasteiger charge is -2.42. The summed E-state index contributed by atoms with van der Waals surface area (Å²) in [7, 11) is 0. The number of hydrogen-bond acceptors (Lipinski definition) is 6. The third-order valence-electron chi connectivity index (χ3n) is 11.8. The summed E-state index contributed by atoms with van der Waals surface area (Å²) in [5.41, 5.74) is 0.0157.